The zero-order valence-electron chi connectivity index (χ0n) is 16.1. The standard InChI is InChI=1S/C24H24N2OS/c1-27-19-13-11-18(12-14-19)23-25-24-21(20-9-5-6-10-22(20)28-24)16-26(23)15-17-7-3-2-4-8-17/h2-4,7-8,11-14H,5-6,9-10,15-16H2,1H3. The molecule has 0 saturated carbocycles. The van der Waals surface area contributed by atoms with Crippen molar-refractivity contribution in [3.05, 3.63) is 81.7 Å². The van der Waals surface area contributed by atoms with E-state index in [-0.39, 0.29) is 0 Å². The molecule has 3 nitrogen and oxygen atoms in total. The van der Waals surface area contributed by atoms with E-state index in [1.165, 1.54) is 41.8 Å². The van der Waals surface area contributed by atoms with E-state index in [0.29, 0.717) is 0 Å². The number of hydrogen-bond donors (Lipinski definition) is 0. The third-order valence-electron chi connectivity index (χ3n) is 5.68. The van der Waals surface area contributed by atoms with Gasteiger partial charge in [-0.3, -0.25) is 0 Å². The van der Waals surface area contributed by atoms with Crippen molar-refractivity contribution in [2.24, 2.45) is 4.99 Å². The maximum absolute atomic E-state index is 5.34. The number of fused-ring (bicyclic) bond motifs is 3. The molecule has 2 aliphatic rings. The number of hydrogen-bond acceptors (Lipinski definition) is 4. The molecule has 0 N–H and O–H groups in total. The number of rotatable bonds is 4. The summed E-state index contributed by atoms with van der Waals surface area (Å²) in [5.74, 6) is 1.94. The monoisotopic (exact) mass is 388 g/mol. The van der Waals surface area contributed by atoms with E-state index in [0.717, 1.165) is 30.2 Å². The average Bonchev–Trinajstić information content (AvgIpc) is 3.12. The van der Waals surface area contributed by atoms with Crippen LogP contribution in [0.4, 0.5) is 5.00 Å². The number of methoxy groups -OCH3 is 1. The topological polar surface area (TPSA) is 24.8 Å². The number of aliphatic imine (C=N–C) groups is 1. The first-order chi connectivity index (χ1) is 13.8. The number of aryl methyl sites for hydroxylation is 1. The van der Waals surface area contributed by atoms with E-state index in [2.05, 4.69) is 47.4 Å². The van der Waals surface area contributed by atoms with Crippen LogP contribution in [-0.2, 0) is 25.9 Å². The Bertz CT molecular complexity index is 1010. The van der Waals surface area contributed by atoms with E-state index in [1.807, 2.05) is 23.5 Å². The molecule has 0 amide bonds. The van der Waals surface area contributed by atoms with Gasteiger partial charge in [-0.05, 0) is 61.1 Å². The first-order valence-corrected chi connectivity index (χ1v) is 10.8. The van der Waals surface area contributed by atoms with Crippen LogP contribution in [0.25, 0.3) is 0 Å². The Kier molecular flexibility index (Phi) is 4.65. The minimum Gasteiger partial charge on any atom is -0.497 e. The van der Waals surface area contributed by atoms with E-state index in [9.17, 15) is 0 Å². The molecular weight excluding hydrogens is 364 g/mol. The highest BCUT2D eigenvalue weighted by Crippen LogP contribution is 2.43. The largest absolute Gasteiger partial charge is 0.497 e. The SMILES string of the molecule is COc1ccc(C2=Nc3sc4c(c3CN2Cc2ccccc2)CCCC4)cc1. The van der Waals surface area contributed by atoms with Crippen LogP contribution in [0.3, 0.4) is 0 Å². The van der Waals surface area contributed by atoms with Crippen molar-refractivity contribution in [3.63, 3.8) is 0 Å². The quantitative estimate of drug-likeness (QED) is 0.570. The number of thiophene rings is 1. The molecule has 0 atom stereocenters. The van der Waals surface area contributed by atoms with Crippen molar-refractivity contribution in [2.75, 3.05) is 7.11 Å². The zero-order valence-corrected chi connectivity index (χ0v) is 17.0. The van der Waals surface area contributed by atoms with Crippen LogP contribution < -0.4 is 4.74 Å². The molecule has 1 aliphatic carbocycles. The van der Waals surface area contributed by atoms with Gasteiger partial charge in [0.2, 0.25) is 0 Å². The summed E-state index contributed by atoms with van der Waals surface area (Å²) in [5.41, 5.74) is 5.51. The van der Waals surface area contributed by atoms with Gasteiger partial charge in [0.05, 0.1) is 7.11 Å². The molecule has 1 aliphatic heterocycles. The van der Waals surface area contributed by atoms with Crippen LogP contribution >= 0.6 is 11.3 Å². The summed E-state index contributed by atoms with van der Waals surface area (Å²) in [6, 6.07) is 19.0. The molecule has 2 heterocycles. The fourth-order valence-electron chi connectivity index (χ4n) is 4.22. The lowest BCUT2D eigenvalue weighted by Crippen LogP contribution is -2.33. The van der Waals surface area contributed by atoms with Crippen LogP contribution in [0.2, 0.25) is 0 Å². The molecule has 0 bridgehead atoms. The molecule has 142 valence electrons. The predicted octanol–water partition coefficient (Wildman–Crippen LogP) is 5.73. The minimum atomic E-state index is 0.871. The lowest BCUT2D eigenvalue weighted by atomic mass is 9.94. The Morgan fingerprint density at radius 1 is 0.964 bits per heavy atom. The van der Waals surface area contributed by atoms with E-state index < -0.39 is 0 Å². The first-order valence-electron chi connectivity index (χ1n) is 9.97. The van der Waals surface area contributed by atoms with E-state index in [4.69, 9.17) is 9.73 Å². The van der Waals surface area contributed by atoms with Crippen LogP contribution in [0.5, 0.6) is 5.75 Å². The van der Waals surface area contributed by atoms with Gasteiger partial charge in [0, 0.05) is 29.1 Å². The highest BCUT2D eigenvalue weighted by Gasteiger charge is 2.28. The number of benzene rings is 2. The van der Waals surface area contributed by atoms with Crippen molar-refractivity contribution < 1.29 is 4.74 Å². The Morgan fingerprint density at radius 2 is 1.75 bits per heavy atom. The molecule has 0 radical (unpaired) electrons. The molecule has 2 aromatic carbocycles. The van der Waals surface area contributed by atoms with Crippen LogP contribution in [0, 0.1) is 0 Å². The number of amidine groups is 1. The molecule has 0 spiro atoms. The fraction of sp³-hybridized carbons (Fsp3) is 0.292. The van der Waals surface area contributed by atoms with Crippen molar-refractivity contribution in [1.82, 2.24) is 4.90 Å². The van der Waals surface area contributed by atoms with Crippen LogP contribution in [0.15, 0.2) is 59.6 Å². The lowest BCUT2D eigenvalue weighted by molar-refractivity contribution is 0.400. The summed E-state index contributed by atoms with van der Waals surface area (Å²) in [6.07, 6.45) is 5.06. The van der Waals surface area contributed by atoms with Crippen molar-refractivity contribution in [2.45, 2.75) is 38.8 Å². The van der Waals surface area contributed by atoms with Gasteiger partial charge in [-0.25, -0.2) is 4.99 Å². The van der Waals surface area contributed by atoms with E-state index in [1.54, 1.807) is 17.6 Å². The fourth-order valence-corrected chi connectivity index (χ4v) is 5.50. The second-order valence-electron chi connectivity index (χ2n) is 7.50. The average molecular weight is 389 g/mol. The van der Waals surface area contributed by atoms with Gasteiger partial charge in [0.1, 0.15) is 16.6 Å². The molecule has 28 heavy (non-hydrogen) atoms. The molecule has 4 heteroatoms. The summed E-state index contributed by atoms with van der Waals surface area (Å²) in [4.78, 5) is 9.17. The van der Waals surface area contributed by atoms with Crippen molar-refractivity contribution in [1.29, 1.82) is 0 Å². The zero-order chi connectivity index (χ0) is 18.9. The molecule has 5 rings (SSSR count). The van der Waals surface area contributed by atoms with Gasteiger partial charge in [-0.2, -0.15) is 0 Å². The third kappa shape index (κ3) is 3.22. The second-order valence-corrected chi connectivity index (χ2v) is 8.58. The Labute approximate surface area is 170 Å². The Balaban J connectivity index is 1.56. The molecule has 0 unspecified atom stereocenters. The summed E-state index contributed by atoms with van der Waals surface area (Å²) in [6.45, 7) is 1.82. The number of ether oxygens (including phenoxy) is 1. The Morgan fingerprint density at radius 3 is 2.54 bits per heavy atom. The summed E-state index contributed by atoms with van der Waals surface area (Å²) < 4.78 is 5.34. The summed E-state index contributed by atoms with van der Waals surface area (Å²) >= 11 is 1.91. The Hall–Kier alpha value is -2.59. The first kappa shape index (κ1) is 17.5. The van der Waals surface area contributed by atoms with Gasteiger partial charge < -0.3 is 9.64 Å². The maximum Gasteiger partial charge on any atom is 0.138 e. The molecule has 0 fully saturated rings. The predicted molar refractivity (Wildman–Crippen MR) is 116 cm³/mol. The van der Waals surface area contributed by atoms with Gasteiger partial charge in [-0.15, -0.1) is 11.3 Å². The van der Waals surface area contributed by atoms with Crippen LogP contribution in [-0.4, -0.2) is 17.8 Å². The highest BCUT2D eigenvalue weighted by molar-refractivity contribution is 7.16. The van der Waals surface area contributed by atoms with Gasteiger partial charge in [0.25, 0.3) is 0 Å². The third-order valence-corrected chi connectivity index (χ3v) is 6.91. The molecule has 3 aromatic rings. The van der Waals surface area contributed by atoms with Crippen molar-refractivity contribution in [3.8, 4) is 5.75 Å². The van der Waals surface area contributed by atoms with Gasteiger partial charge >= 0.3 is 0 Å². The minimum absolute atomic E-state index is 0.871. The molecular formula is C24H24N2OS. The second kappa shape index (κ2) is 7.44. The maximum atomic E-state index is 5.34. The molecule has 1 aromatic heterocycles. The highest BCUT2D eigenvalue weighted by atomic mass is 32.1. The van der Waals surface area contributed by atoms with Gasteiger partial charge in [0.15, 0.2) is 0 Å². The summed E-state index contributed by atoms with van der Waals surface area (Å²) in [7, 11) is 1.71. The number of nitrogens with zero attached hydrogens (tertiary/aromatic N) is 2. The molecule has 0 saturated heterocycles. The van der Waals surface area contributed by atoms with Gasteiger partial charge in [-0.1, -0.05) is 30.3 Å². The van der Waals surface area contributed by atoms with Crippen molar-refractivity contribution >= 4 is 22.2 Å². The van der Waals surface area contributed by atoms with Crippen LogP contribution in [0.1, 0.15) is 40.0 Å². The lowest BCUT2D eigenvalue weighted by Gasteiger charge is -2.30. The summed E-state index contributed by atoms with van der Waals surface area (Å²) in [5, 5.41) is 1.22. The normalized spacial score (nSPS) is 15.6. The smallest absolute Gasteiger partial charge is 0.138 e. The van der Waals surface area contributed by atoms with E-state index >= 15 is 0 Å².